The average Bonchev–Trinajstić information content (AvgIpc) is 2.52. The molecular weight excluding hydrogens is 248 g/mol. The third-order valence-electron chi connectivity index (χ3n) is 4.41. The van der Waals surface area contributed by atoms with Gasteiger partial charge in [-0.2, -0.15) is 0 Å². The van der Waals surface area contributed by atoms with E-state index < -0.39 is 0 Å². The van der Waals surface area contributed by atoms with E-state index in [2.05, 4.69) is 48.4 Å². The van der Waals surface area contributed by atoms with E-state index in [1.54, 1.807) is 7.11 Å². The topological polar surface area (TPSA) is 34.1 Å². The number of likely N-dealkylation sites (N-methyl/N-ethyl adjacent to an activating group) is 1. The van der Waals surface area contributed by atoms with Crippen LogP contribution in [0.25, 0.3) is 10.9 Å². The molecule has 1 aromatic heterocycles. The van der Waals surface area contributed by atoms with Gasteiger partial charge in [-0.3, -0.25) is 4.98 Å². The Morgan fingerprint density at radius 3 is 2.55 bits per heavy atom. The van der Waals surface area contributed by atoms with Gasteiger partial charge in [-0.1, -0.05) is 32.0 Å². The number of hydrogen-bond acceptors (Lipinski definition) is 3. The van der Waals surface area contributed by atoms with E-state index in [1.165, 1.54) is 10.9 Å². The van der Waals surface area contributed by atoms with Crippen LogP contribution in [0.1, 0.15) is 38.3 Å². The van der Waals surface area contributed by atoms with Crippen molar-refractivity contribution in [1.82, 2.24) is 10.3 Å². The van der Waals surface area contributed by atoms with Gasteiger partial charge in [0, 0.05) is 18.7 Å². The van der Waals surface area contributed by atoms with E-state index in [4.69, 9.17) is 4.74 Å². The van der Waals surface area contributed by atoms with Gasteiger partial charge < -0.3 is 10.1 Å². The van der Waals surface area contributed by atoms with Gasteiger partial charge in [0.1, 0.15) is 0 Å². The maximum Gasteiger partial charge on any atom is 0.0867 e. The Balaban J connectivity index is 2.60. The highest BCUT2D eigenvalue weighted by Gasteiger charge is 2.36. The van der Waals surface area contributed by atoms with Crippen molar-refractivity contribution in [3.63, 3.8) is 0 Å². The fourth-order valence-electron chi connectivity index (χ4n) is 3.15. The van der Waals surface area contributed by atoms with Crippen LogP contribution in [0, 0.1) is 0 Å². The zero-order chi connectivity index (χ0) is 14.6. The lowest BCUT2D eigenvalue weighted by molar-refractivity contribution is -0.0464. The lowest BCUT2D eigenvalue weighted by atomic mass is 9.82. The van der Waals surface area contributed by atoms with Gasteiger partial charge in [0.15, 0.2) is 0 Å². The summed E-state index contributed by atoms with van der Waals surface area (Å²) >= 11 is 0. The third-order valence-corrected chi connectivity index (χ3v) is 4.41. The van der Waals surface area contributed by atoms with E-state index in [9.17, 15) is 0 Å². The first-order valence-corrected chi connectivity index (χ1v) is 7.28. The Morgan fingerprint density at radius 1 is 1.20 bits per heavy atom. The van der Waals surface area contributed by atoms with Gasteiger partial charge in [0.05, 0.1) is 17.2 Å². The molecule has 0 saturated carbocycles. The molecule has 0 spiro atoms. The van der Waals surface area contributed by atoms with E-state index in [-0.39, 0.29) is 11.6 Å². The van der Waals surface area contributed by atoms with Crippen LogP contribution < -0.4 is 5.32 Å². The Kier molecular flexibility index (Phi) is 4.73. The molecule has 1 heterocycles. The molecule has 2 aromatic rings. The lowest BCUT2D eigenvalue weighted by Gasteiger charge is -2.39. The quantitative estimate of drug-likeness (QED) is 0.870. The van der Waals surface area contributed by atoms with Crippen LogP contribution in [0.15, 0.2) is 36.5 Å². The zero-order valence-electron chi connectivity index (χ0n) is 12.8. The van der Waals surface area contributed by atoms with Crippen LogP contribution in [-0.2, 0) is 4.74 Å². The van der Waals surface area contributed by atoms with Gasteiger partial charge in [-0.05, 0) is 37.6 Å². The Morgan fingerprint density at radius 2 is 1.95 bits per heavy atom. The number of nitrogens with one attached hydrogen (secondary N) is 1. The Bertz CT molecular complexity index is 550. The minimum absolute atomic E-state index is 0.149. The third kappa shape index (κ3) is 2.43. The normalized spacial score (nSPS) is 13.6. The molecule has 0 amide bonds. The minimum atomic E-state index is -0.196. The molecule has 3 heteroatoms. The molecule has 3 nitrogen and oxygen atoms in total. The fraction of sp³-hybridized carbons (Fsp3) is 0.471. The number of rotatable bonds is 6. The van der Waals surface area contributed by atoms with Crippen LogP contribution in [0.2, 0.25) is 0 Å². The summed E-state index contributed by atoms with van der Waals surface area (Å²) in [6.07, 6.45) is 3.76. The van der Waals surface area contributed by atoms with Crippen molar-refractivity contribution in [1.29, 1.82) is 0 Å². The second-order valence-corrected chi connectivity index (χ2v) is 5.12. The monoisotopic (exact) mass is 272 g/mol. The molecule has 1 aromatic carbocycles. The molecule has 20 heavy (non-hydrogen) atoms. The van der Waals surface area contributed by atoms with Crippen molar-refractivity contribution in [2.75, 3.05) is 14.2 Å². The predicted octanol–water partition coefficient (Wildman–Crippen LogP) is 3.70. The van der Waals surface area contributed by atoms with Gasteiger partial charge in [-0.15, -0.1) is 0 Å². The van der Waals surface area contributed by atoms with E-state index >= 15 is 0 Å². The standard InChI is InChI=1S/C17H24N2O/c1-5-17(6-2,20-4)16(18-3)14-9-7-11-15-13(14)10-8-12-19-15/h7-12,16,18H,5-6H2,1-4H3. The van der Waals surface area contributed by atoms with Gasteiger partial charge in [0.25, 0.3) is 0 Å². The number of pyridine rings is 1. The van der Waals surface area contributed by atoms with E-state index in [1.807, 2.05) is 19.3 Å². The van der Waals surface area contributed by atoms with Gasteiger partial charge >= 0.3 is 0 Å². The first-order chi connectivity index (χ1) is 9.72. The van der Waals surface area contributed by atoms with E-state index in [0.717, 1.165) is 18.4 Å². The summed E-state index contributed by atoms with van der Waals surface area (Å²) in [6, 6.07) is 10.6. The van der Waals surface area contributed by atoms with Crippen molar-refractivity contribution >= 4 is 10.9 Å². The summed E-state index contributed by atoms with van der Waals surface area (Å²) in [6.45, 7) is 4.36. The van der Waals surface area contributed by atoms with Crippen molar-refractivity contribution in [3.8, 4) is 0 Å². The molecule has 108 valence electrons. The maximum absolute atomic E-state index is 5.91. The number of ether oxygens (including phenoxy) is 1. The summed E-state index contributed by atoms with van der Waals surface area (Å²) in [4.78, 5) is 4.45. The van der Waals surface area contributed by atoms with Crippen LogP contribution in [0.4, 0.5) is 0 Å². The maximum atomic E-state index is 5.91. The number of benzene rings is 1. The zero-order valence-corrected chi connectivity index (χ0v) is 12.8. The first-order valence-electron chi connectivity index (χ1n) is 7.28. The molecule has 0 aliphatic rings. The number of hydrogen-bond donors (Lipinski definition) is 1. The summed E-state index contributed by atoms with van der Waals surface area (Å²) in [5.41, 5.74) is 2.09. The van der Waals surface area contributed by atoms with Gasteiger partial charge in [-0.25, -0.2) is 0 Å². The average molecular weight is 272 g/mol. The number of aromatic nitrogens is 1. The molecule has 2 rings (SSSR count). The predicted molar refractivity (Wildman–Crippen MR) is 83.9 cm³/mol. The second kappa shape index (κ2) is 6.33. The SMILES string of the molecule is CCC(CC)(OC)C(NC)c1cccc2ncccc12. The van der Waals surface area contributed by atoms with Crippen LogP contribution in [0.3, 0.4) is 0 Å². The highest BCUT2D eigenvalue weighted by Crippen LogP contribution is 2.37. The smallest absolute Gasteiger partial charge is 0.0867 e. The summed E-state index contributed by atoms with van der Waals surface area (Å²) in [7, 11) is 3.81. The molecule has 0 radical (unpaired) electrons. The van der Waals surface area contributed by atoms with Gasteiger partial charge in [0.2, 0.25) is 0 Å². The Hall–Kier alpha value is -1.45. The summed E-state index contributed by atoms with van der Waals surface area (Å²) in [5, 5.41) is 4.64. The minimum Gasteiger partial charge on any atom is -0.376 e. The van der Waals surface area contributed by atoms with Crippen LogP contribution in [0.5, 0.6) is 0 Å². The van der Waals surface area contributed by atoms with Crippen molar-refractivity contribution in [2.24, 2.45) is 0 Å². The highest BCUT2D eigenvalue weighted by molar-refractivity contribution is 5.82. The summed E-state index contributed by atoms with van der Waals surface area (Å²) < 4.78 is 5.91. The molecule has 0 aliphatic heterocycles. The molecule has 0 saturated heterocycles. The number of fused-ring (bicyclic) bond motifs is 1. The largest absolute Gasteiger partial charge is 0.376 e. The van der Waals surface area contributed by atoms with E-state index in [0.29, 0.717) is 0 Å². The van der Waals surface area contributed by atoms with Crippen molar-refractivity contribution in [3.05, 3.63) is 42.1 Å². The van der Waals surface area contributed by atoms with Crippen molar-refractivity contribution in [2.45, 2.75) is 38.3 Å². The Labute approximate surface area is 121 Å². The van der Waals surface area contributed by atoms with Crippen LogP contribution in [-0.4, -0.2) is 24.7 Å². The highest BCUT2D eigenvalue weighted by atomic mass is 16.5. The number of methoxy groups -OCH3 is 1. The lowest BCUT2D eigenvalue weighted by Crippen LogP contribution is -2.43. The molecule has 1 atom stereocenters. The summed E-state index contributed by atoms with van der Waals surface area (Å²) in [5.74, 6) is 0. The molecule has 0 bridgehead atoms. The fourth-order valence-corrected chi connectivity index (χ4v) is 3.15. The second-order valence-electron chi connectivity index (χ2n) is 5.12. The molecule has 0 fully saturated rings. The molecule has 1 unspecified atom stereocenters. The molecule has 1 N–H and O–H groups in total. The first kappa shape index (κ1) is 14.9. The molecule has 0 aliphatic carbocycles. The number of nitrogens with zero attached hydrogens (tertiary/aromatic N) is 1. The molecular formula is C17H24N2O. The van der Waals surface area contributed by atoms with Crippen molar-refractivity contribution < 1.29 is 4.74 Å². The van der Waals surface area contributed by atoms with Crippen LogP contribution >= 0.6 is 0 Å².